The molecule has 1 N–H and O–H groups in total. The van der Waals surface area contributed by atoms with Crippen molar-refractivity contribution >= 4 is 11.2 Å². The fourth-order valence-electron chi connectivity index (χ4n) is 2.35. The van der Waals surface area contributed by atoms with Gasteiger partial charge in [0.25, 0.3) is 5.56 Å². The van der Waals surface area contributed by atoms with E-state index < -0.39 is 0 Å². The fraction of sp³-hybridized carbons (Fsp3) is 0.615. The van der Waals surface area contributed by atoms with Crippen LogP contribution in [-0.2, 0) is 19.5 Å². The van der Waals surface area contributed by atoms with Crippen molar-refractivity contribution in [1.82, 2.24) is 19.1 Å². The number of aromatic amines is 1. The molecule has 0 aliphatic rings. The normalized spacial score (nSPS) is 11.3. The number of fused-ring (bicyclic) bond motifs is 1. The Hall–Kier alpha value is -1.85. The predicted octanol–water partition coefficient (Wildman–Crippen LogP) is 1.27. The monoisotopic (exact) mass is 264 g/mol. The van der Waals surface area contributed by atoms with Crippen molar-refractivity contribution in [2.75, 3.05) is 0 Å². The molecule has 0 fully saturated rings. The van der Waals surface area contributed by atoms with Crippen molar-refractivity contribution in [3.8, 4) is 0 Å². The molecule has 0 unspecified atom stereocenters. The van der Waals surface area contributed by atoms with Crippen LogP contribution in [0, 0.1) is 0 Å². The summed E-state index contributed by atoms with van der Waals surface area (Å²) in [6, 6.07) is 0. The van der Waals surface area contributed by atoms with Crippen molar-refractivity contribution < 1.29 is 0 Å². The van der Waals surface area contributed by atoms with E-state index in [2.05, 4.69) is 16.9 Å². The number of unbranched alkanes of at least 4 members (excludes halogenated alkanes) is 1. The molecule has 104 valence electrons. The molecule has 0 aliphatic heterocycles. The third-order valence-electron chi connectivity index (χ3n) is 3.33. The van der Waals surface area contributed by atoms with Gasteiger partial charge < -0.3 is 4.57 Å². The lowest BCUT2D eigenvalue weighted by Crippen LogP contribution is -2.31. The van der Waals surface area contributed by atoms with E-state index in [1.54, 1.807) is 4.57 Å². The first-order chi connectivity index (χ1) is 9.13. The Morgan fingerprint density at radius 2 is 1.89 bits per heavy atom. The molecule has 6 nitrogen and oxygen atoms in total. The van der Waals surface area contributed by atoms with Crippen LogP contribution in [0.3, 0.4) is 0 Å². The number of imidazole rings is 1. The summed E-state index contributed by atoms with van der Waals surface area (Å²) < 4.78 is 3.46. The van der Waals surface area contributed by atoms with E-state index in [1.165, 1.54) is 0 Å². The van der Waals surface area contributed by atoms with Gasteiger partial charge in [-0.3, -0.25) is 14.3 Å². The first-order valence-corrected chi connectivity index (χ1v) is 6.86. The van der Waals surface area contributed by atoms with Gasteiger partial charge in [-0.1, -0.05) is 20.3 Å². The van der Waals surface area contributed by atoms with Crippen molar-refractivity contribution in [2.45, 2.75) is 53.1 Å². The highest BCUT2D eigenvalue weighted by atomic mass is 16.2. The van der Waals surface area contributed by atoms with Crippen molar-refractivity contribution in [2.24, 2.45) is 0 Å². The standard InChI is InChI=1S/C13H20N4O2/c1-4-7-8-17-11-10(12(18)15-13(17)19)16(6-3)9(5-2)14-11/h4-8H2,1-3H3,(H,15,18,19). The molecule has 0 saturated carbocycles. The van der Waals surface area contributed by atoms with Crippen LogP contribution in [0.25, 0.3) is 11.2 Å². The second kappa shape index (κ2) is 5.42. The minimum Gasteiger partial charge on any atom is -0.322 e. The highest BCUT2D eigenvalue weighted by Gasteiger charge is 2.16. The lowest BCUT2D eigenvalue weighted by atomic mass is 10.3. The quantitative estimate of drug-likeness (QED) is 0.883. The molecule has 0 aromatic carbocycles. The van der Waals surface area contributed by atoms with Gasteiger partial charge >= 0.3 is 5.69 Å². The summed E-state index contributed by atoms with van der Waals surface area (Å²) in [4.78, 5) is 30.8. The number of rotatable bonds is 5. The number of nitrogens with zero attached hydrogens (tertiary/aromatic N) is 3. The van der Waals surface area contributed by atoms with Gasteiger partial charge in [0.15, 0.2) is 11.2 Å². The van der Waals surface area contributed by atoms with Crippen LogP contribution >= 0.6 is 0 Å². The van der Waals surface area contributed by atoms with E-state index in [4.69, 9.17) is 0 Å². The summed E-state index contributed by atoms with van der Waals surface area (Å²) in [5.74, 6) is 0.846. The second-order valence-corrected chi connectivity index (χ2v) is 4.56. The Bertz CT molecular complexity index is 693. The van der Waals surface area contributed by atoms with Crippen LogP contribution in [0.4, 0.5) is 0 Å². The van der Waals surface area contributed by atoms with E-state index in [9.17, 15) is 9.59 Å². The Morgan fingerprint density at radius 3 is 2.47 bits per heavy atom. The average Bonchev–Trinajstić information content (AvgIpc) is 2.77. The third-order valence-corrected chi connectivity index (χ3v) is 3.33. The van der Waals surface area contributed by atoms with Gasteiger partial charge in [-0.2, -0.15) is 0 Å². The van der Waals surface area contributed by atoms with Gasteiger partial charge in [0.05, 0.1) is 0 Å². The van der Waals surface area contributed by atoms with Crippen LogP contribution in [0.5, 0.6) is 0 Å². The fourth-order valence-corrected chi connectivity index (χ4v) is 2.35. The average molecular weight is 264 g/mol. The zero-order valence-corrected chi connectivity index (χ0v) is 11.7. The number of hydrogen-bond donors (Lipinski definition) is 1. The van der Waals surface area contributed by atoms with Crippen molar-refractivity contribution in [1.29, 1.82) is 0 Å². The van der Waals surface area contributed by atoms with Gasteiger partial charge in [0.1, 0.15) is 5.82 Å². The predicted molar refractivity (Wildman–Crippen MR) is 74.6 cm³/mol. The lowest BCUT2D eigenvalue weighted by Gasteiger charge is -2.05. The SMILES string of the molecule is CCCCn1c(=O)[nH]c(=O)c2c1nc(CC)n2CC. The summed E-state index contributed by atoms with van der Waals surface area (Å²) in [5, 5.41) is 0. The van der Waals surface area contributed by atoms with Crippen LogP contribution in [0.1, 0.15) is 39.4 Å². The maximum absolute atomic E-state index is 12.0. The molecule has 0 spiro atoms. The zero-order valence-electron chi connectivity index (χ0n) is 11.7. The Balaban J connectivity index is 2.79. The lowest BCUT2D eigenvalue weighted by molar-refractivity contribution is 0.613. The molecule has 19 heavy (non-hydrogen) atoms. The maximum atomic E-state index is 12.0. The largest absolute Gasteiger partial charge is 0.330 e. The smallest absolute Gasteiger partial charge is 0.322 e. The van der Waals surface area contributed by atoms with Gasteiger partial charge in [0, 0.05) is 19.5 Å². The molecular weight excluding hydrogens is 244 g/mol. The van der Waals surface area contributed by atoms with Gasteiger partial charge in [-0.15, -0.1) is 0 Å². The summed E-state index contributed by atoms with van der Waals surface area (Å²) in [6.07, 6.45) is 2.62. The van der Waals surface area contributed by atoms with Gasteiger partial charge in [0.2, 0.25) is 0 Å². The number of hydrogen-bond acceptors (Lipinski definition) is 3. The van der Waals surface area contributed by atoms with Gasteiger partial charge in [-0.25, -0.2) is 9.78 Å². The maximum Gasteiger partial charge on any atom is 0.330 e. The molecule has 2 rings (SSSR count). The highest BCUT2D eigenvalue weighted by Crippen LogP contribution is 2.12. The van der Waals surface area contributed by atoms with E-state index in [-0.39, 0.29) is 11.2 Å². The first-order valence-electron chi connectivity index (χ1n) is 6.86. The summed E-state index contributed by atoms with van der Waals surface area (Å²) in [7, 11) is 0. The highest BCUT2D eigenvalue weighted by molar-refractivity contribution is 5.70. The Morgan fingerprint density at radius 1 is 1.16 bits per heavy atom. The second-order valence-electron chi connectivity index (χ2n) is 4.56. The molecule has 0 aliphatic carbocycles. The van der Waals surface area contributed by atoms with Crippen molar-refractivity contribution in [3.63, 3.8) is 0 Å². The van der Waals surface area contributed by atoms with Crippen LogP contribution in [0.2, 0.25) is 0 Å². The summed E-state index contributed by atoms with van der Waals surface area (Å²) >= 11 is 0. The topological polar surface area (TPSA) is 72.7 Å². The minimum absolute atomic E-state index is 0.346. The van der Waals surface area contributed by atoms with Gasteiger partial charge in [-0.05, 0) is 13.3 Å². The first kappa shape index (κ1) is 13.6. The van der Waals surface area contributed by atoms with E-state index >= 15 is 0 Å². The minimum atomic E-state index is -0.366. The van der Waals surface area contributed by atoms with Crippen LogP contribution < -0.4 is 11.2 Å². The van der Waals surface area contributed by atoms with E-state index in [0.717, 1.165) is 25.1 Å². The zero-order chi connectivity index (χ0) is 14.0. The number of H-pyrrole nitrogens is 1. The van der Waals surface area contributed by atoms with Crippen LogP contribution in [0.15, 0.2) is 9.59 Å². The molecule has 2 aromatic rings. The summed E-state index contributed by atoms with van der Waals surface area (Å²) in [5.41, 5.74) is 0.312. The molecular formula is C13H20N4O2. The molecule has 0 radical (unpaired) electrons. The summed E-state index contributed by atoms with van der Waals surface area (Å²) in [6.45, 7) is 7.30. The van der Waals surface area contributed by atoms with E-state index in [1.807, 2.05) is 18.4 Å². The van der Waals surface area contributed by atoms with Crippen LogP contribution in [-0.4, -0.2) is 19.1 Å². The molecule has 0 saturated heterocycles. The Kier molecular flexibility index (Phi) is 3.87. The third kappa shape index (κ3) is 2.22. The van der Waals surface area contributed by atoms with Crippen molar-refractivity contribution in [3.05, 3.63) is 26.7 Å². The number of aryl methyl sites for hydroxylation is 3. The van der Waals surface area contributed by atoms with E-state index in [0.29, 0.717) is 24.3 Å². The number of nitrogens with one attached hydrogen (secondary N) is 1. The molecule has 0 bridgehead atoms. The molecule has 2 heterocycles. The molecule has 0 atom stereocenters. The molecule has 6 heteroatoms. The number of aromatic nitrogens is 4. The molecule has 0 amide bonds. The molecule has 2 aromatic heterocycles. The Labute approximate surface area is 111 Å².